The van der Waals surface area contributed by atoms with Crippen LogP contribution in [0.2, 0.25) is 0 Å². The van der Waals surface area contributed by atoms with Gasteiger partial charge in [0.1, 0.15) is 6.33 Å². The highest BCUT2D eigenvalue weighted by molar-refractivity contribution is 5.74. The zero-order valence-corrected chi connectivity index (χ0v) is 10.4. The maximum absolute atomic E-state index is 14.1. The van der Waals surface area contributed by atoms with E-state index in [1.54, 1.807) is 4.90 Å². The molecule has 0 bridgehead atoms. The number of aromatic nitrogens is 2. The Morgan fingerprint density at radius 3 is 2.78 bits per heavy atom. The quantitative estimate of drug-likeness (QED) is 0.877. The highest BCUT2D eigenvalue weighted by atomic mass is 19.1. The van der Waals surface area contributed by atoms with E-state index in [0.29, 0.717) is 31.1 Å². The maximum Gasteiger partial charge on any atom is 0.310 e. The molecule has 0 saturated carbocycles. The highest BCUT2D eigenvalue weighted by Gasteiger charge is 2.35. The summed E-state index contributed by atoms with van der Waals surface area (Å²) in [6.07, 6.45) is 1.89. The second kappa shape index (κ2) is 4.88. The first-order chi connectivity index (χ1) is 8.49. The normalized spacial score (nSPS) is 15.9. The van der Waals surface area contributed by atoms with Gasteiger partial charge in [0.15, 0.2) is 11.6 Å². The van der Waals surface area contributed by atoms with E-state index in [0.717, 1.165) is 0 Å². The average Bonchev–Trinajstić information content (AvgIpc) is 2.20. The number of carboxylic acids is 1. The zero-order valence-electron chi connectivity index (χ0n) is 10.4. The summed E-state index contributed by atoms with van der Waals surface area (Å²) >= 11 is 0. The molecule has 98 valence electrons. The topological polar surface area (TPSA) is 66.3 Å². The Morgan fingerprint density at radius 2 is 2.22 bits per heavy atom. The molecule has 0 amide bonds. The number of hydrogen-bond acceptors (Lipinski definition) is 4. The van der Waals surface area contributed by atoms with Gasteiger partial charge >= 0.3 is 5.97 Å². The van der Waals surface area contributed by atoms with Gasteiger partial charge < -0.3 is 10.0 Å². The molecule has 5 nitrogen and oxygen atoms in total. The van der Waals surface area contributed by atoms with Crippen molar-refractivity contribution in [2.75, 3.05) is 18.0 Å². The molecule has 0 atom stereocenters. The van der Waals surface area contributed by atoms with Crippen LogP contribution in [0.4, 0.5) is 10.2 Å². The number of hydrogen-bond donors (Lipinski definition) is 1. The summed E-state index contributed by atoms with van der Waals surface area (Å²) in [6, 6.07) is 0. The summed E-state index contributed by atoms with van der Waals surface area (Å²) in [5.74, 6) is -1.16. The lowest BCUT2D eigenvalue weighted by molar-refractivity contribution is -0.142. The molecule has 6 heteroatoms. The van der Waals surface area contributed by atoms with Crippen molar-refractivity contribution in [2.24, 2.45) is 11.8 Å². The summed E-state index contributed by atoms with van der Waals surface area (Å²) in [7, 11) is 0. The van der Waals surface area contributed by atoms with E-state index in [-0.39, 0.29) is 5.82 Å². The first-order valence-electron chi connectivity index (χ1n) is 5.96. The van der Waals surface area contributed by atoms with Crippen LogP contribution in [0.15, 0.2) is 6.33 Å². The van der Waals surface area contributed by atoms with Crippen molar-refractivity contribution in [1.82, 2.24) is 9.97 Å². The molecular formula is C12H16FN3O2. The molecule has 1 aromatic heterocycles. The van der Waals surface area contributed by atoms with E-state index in [2.05, 4.69) is 9.97 Å². The number of aliphatic carboxylic acids is 1. The Morgan fingerprint density at radius 1 is 1.56 bits per heavy atom. The molecule has 0 unspecified atom stereocenters. The zero-order chi connectivity index (χ0) is 13.3. The van der Waals surface area contributed by atoms with Gasteiger partial charge in [0.05, 0.1) is 11.6 Å². The summed E-state index contributed by atoms with van der Waals surface area (Å²) < 4.78 is 14.1. The van der Waals surface area contributed by atoms with Crippen LogP contribution in [-0.2, 0) is 11.2 Å². The van der Waals surface area contributed by atoms with E-state index in [1.807, 2.05) is 13.8 Å². The number of nitrogens with zero attached hydrogens (tertiary/aromatic N) is 3. The fraction of sp³-hybridized carbons (Fsp3) is 0.583. The van der Waals surface area contributed by atoms with Gasteiger partial charge in [-0.15, -0.1) is 0 Å². The molecule has 1 N–H and O–H groups in total. The predicted octanol–water partition coefficient (Wildman–Crippen LogP) is 1.33. The number of halogens is 1. The molecule has 0 aromatic carbocycles. The van der Waals surface area contributed by atoms with Crippen LogP contribution < -0.4 is 4.90 Å². The average molecular weight is 253 g/mol. The second-order valence-corrected chi connectivity index (χ2v) is 5.00. The van der Waals surface area contributed by atoms with Crippen molar-refractivity contribution in [3.05, 3.63) is 17.8 Å². The van der Waals surface area contributed by atoms with Crippen LogP contribution in [0.5, 0.6) is 0 Å². The second-order valence-electron chi connectivity index (χ2n) is 5.00. The third-order valence-corrected chi connectivity index (χ3v) is 2.98. The molecular weight excluding hydrogens is 237 g/mol. The molecule has 0 spiro atoms. The largest absolute Gasteiger partial charge is 0.481 e. The van der Waals surface area contributed by atoms with Crippen LogP contribution in [0.1, 0.15) is 19.5 Å². The molecule has 18 heavy (non-hydrogen) atoms. The standard InChI is InChI=1S/C12H16FN3O2/c1-7(2)3-9-10(13)11(15-6-14-9)16-4-8(5-16)12(17)18/h6-8H,3-5H2,1-2H3,(H,17,18). The summed E-state index contributed by atoms with van der Waals surface area (Å²) in [5.41, 5.74) is 0.397. The van der Waals surface area contributed by atoms with Gasteiger partial charge in [0.2, 0.25) is 0 Å². The van der Waals surface area contributed by atoms with E-state index < -0.39 is 17.7 Å². The summed E-state index contributed by atoms with van der Waals surface area (Å²) in [6.45, 7) is 4.60. The van der Waals surface area contributed by atoms with Gasteiger partial charge in [-0.2, -0.15) is 0 Å². The third kappa shape index (κ3) is 2.42. The van der Waals surface area contributed by atoms with Crippen LogP contribution >= 0.6 is 0 Å². The van der Waals surface area contributed by atoms with Crippen LogP contribution in [0, 0.1) is 17.7 Å². The predicted molar refractivity (Wildman–Crippen MR) is 63.9 cm³/mol. The van der Waals surface area contributed by atoms with Gasteiger partial charge in [0.25, 0.3) is 0 Å². The van der Waals surface area contributed by atoms with E-state index in [9.17, 15) is 9.18 Å². The van der Waals surface area contributed by atoms with Gasteiger partial charge in [-0.3, -0.25) is 4.79 Å². The van der Waals surface area contributed by atoms with E-state index >= 15 is 0 Å². The molecule has 1 saturated heterocycles. The number of carbonyl (C=O) groups is 1. The molecule has 2 heterocycles. The minimum atomic E-state index is -0.844. The molecule has 2 rings (SSSR count). The first kappa shape index (κ1) is 12.7. The van der Waals surface area contributed by atoms with Crippen molar-refractivity contribution in [2.45, 2.75) is 20.3 Å². The molecule has 1 fully saturated rings. The molecule has 0 aliphatic carbocycles. The Balaban J connectivity index is 2.13. The van der Waals surface area contributed by atoms with Crippen molar-refractivity contribution in [3.8, 4) is 0 Å². The highest BCUT2D eigenvalue weighted by Crippen LogP contribution is 2.26. The molecule has 0 radical (unpaired) electrons. The smallest absolute Gasteiger partial charge is 0.310 e. The molecule has 1 aliphatic rings. The lowest BCUT2D eigenvalue weighted by Gasteiger charge is -2.37. The molecule has 1 aromatic rings. The minimum Gasteiger partial charge on any atom is -0.481 e. The van der Waals surface area contributed by atoms with Gasteiger partial charge in [0, 0.05) is 13.1 Å². The van der Waals surface area contributed by atoms with Crippen molar-refractivity contribution < 1.29 is 14.3 Å². The Labute approximate surface area is 105 Å². The lowest BCUT2D eigenvalue weighted by Crippen LogP contribution is -2.51. The Hall–Kier alpha value is -1.72. The van der Waals surface area contributed by atoms with Gasteiger partial charge in [-0.05, 0) is 12.3 Å². The Kier molecular flexibility index (Phi) is 3.45. The fourth-order valence-corrected chi connectivity index (χ4v) is 1.95. The fourth-order valence-electron chi connectivity index (χ4n) is 1.95. The Bertz CT molecular complexity index is 459. The maximum atomic E-state index is 14.1. The van der Waals surface area contributed by atoms with Crippen molar-refractivity contribution in [3.63, 3.8) is 0 Å². The minimum absolute atomic E-state index is 0.221. The van der Waals surface area contributed by atoms with Crippen molar-refractivity contribution >= 4 is 11.8 Å². The van der Waals surface area contributed by atoms with Crippen LogP contribution in [-0.4, -0.2) is 34.1 Å². The first-order valence-corrected chi connectivity index (χ1v) is 5.96. The lowest BCUT2D eigenvalue weighted by atomic mass is 10.00. The van der Waals surface area contributed by atoms with Gasteiger partial charge in [-0.25, -0.2) is 14.4 Å². The van der Waals surface area contributed by atoms with Crippen LogP contribution in [0.25, 0.3) is 0 Å². The number of rotatable bonds is 4. The van der Waals surface area contributed by atoms with Crippen molar-refractivity contribution in [1.29, 1.82) is 0 Å². The summed E-state index contributed by atoms with van der Waals surface area (Å²) in [4.78, 5) is 20.2. The number of carboxylic acid groups (broad SMARTS) is 1. The van der Waals surface area contributed by atoms with E-state index in [4.69, 9.17) is 5.11 Å². The summed E-state index contributed by atoms with van der Waals surface area (Å²) in [5, 5.41) is 8.79. The SMILES string of the molecule is CC(C)Cc1ncnc(N2CC(C(=O)O)C2)c1F. The van der Waals surface area contributed by atoms with Crippen LogP contribution in [0.3, 0.4) is 0 Å². The molecule has 1 aliphatic heterocycles. The monoisotopic (exact) mass is 253 g/mol. The third-order valence-electron chi connectivity index (χ3n) is 2.98. The van der Waals surface area contributed by atoms with Gasteiger partial charge in [-0.1, -0.05) is 13.8 Å². The number of anilines is 1. The van der Waals surface area contributed by atoms with E-state index in [1.165, 1.54) is 6.33 Å².